The van der Waals surface area contributed by atoms with Crippen molar-refractivity contribution < 1.29 is 23.5 Å². The highest BCUT2D eigenvalue weighted by Crippen LogP contribution is 2.19. The Morgan fingerprint density at radius 3 is 2.95 bits per heavy atom. The highest BCUT2D eigenvalue weighted by atomic mass is 19.1. The van der Waals surface area contributed by atoms with E-state index in [4.69, 9.17) is 9.47 Å². The van der Waals surface area contributed by atoms with Crippen molar-refractivity contribution in [2.75, 3.05) is 33.4 Å². The number of hydrogen-bond acceptors (Lipinski definition) is 4. The van der Waals surface area contributed by atoms with Gasteiger partial charge in [0.25, 0.3) is 5.91 Å². The molecule has 1 heterocycles. The minimum Gasteiger partial charge on any atom is -0.496 e. The third-order valence-electron chi connectivity index (χ3n) is 3.48. The van der Waals surface area contributed by atoms with E-state index in [1.54, 1.807) is 4.90 Å². The standard InChI is InChI=1S/C15H19FN2O4/c1-10(19)18-5-6-22-12(9-18)8-17-15(20)13-7-11(16)3-4-14(13)21-2/h3-4,7,12H,5-6,8-9H2,1-2H3,(H,17,20)/t12-/m0/s1. The molecule has 0 saturated carbocycles. The van der Waals surface area contributed by atoms with Crippen LogP contribution >= 0.6 is 0 Å². The molecule has 22 heavy (non-hydrogen) atoms. The van der Waals surface area contributed by atoms with Crippen LogP contribution in [0.25, 0.3) is 0 Å². The SMILES string of the molecule is COc1ccc(F)cc1C(=O)NC[C@H]1CN(C(C)=O)CCO1. The molecule has 1 aliphatic rings. The minimum absolute atomic E-state index is 0.0218. The van der Waals surface area contributed by atoms with Crippen LogP contribution in [0.5, 0.6) is 5.75 Å². The van der Waals surface area contributed by atoms with Crippen molar-refractivity contribution in [1.82, 2.24) is 10.2 Å². The molecule has 1 aromatic carbocycles. The fourth-order valence-electron chi connectivity index (χ4n) is 2.29. The number of carbonyl (C=O) groups is 2. The second-order valence-corrected chi connectivity index (χ2v) is 5.01. The molecular weight excluding hydrogens is 291 g/mol. The van der Waals surface area contributed by atoms with Crippen molar-refractivity contribution in [2.24, 2.45) is 0 Å². The number of methoxy groups -OCH3 is 1. The molecule has 120 valence electrons. The number of benzene rings is 1. The number of halogens is 1. The van der Waals surface area contributed by atoms with Crippen LogP contribution in [0.3, 0.4) is 0 Å². The van der Waals surface area contributed by atoms with Gasteiger partial charge in [-0.1, -0.05) is 0 Å². The molecule has 7 heteroatoms. The number of hydrogen-bond donors (Lipinski definition) is 1. The lowest BCUT2D eigenvalue weighted by molar-refractivity contribution is -0.136. The number of carbonyl (C=O) groups excluding carboxylic acids is 2. The summed E-state index contributed by atoms with van der Waals surface area (Å²) < 4.78 is 23.8. The molecule has 0 aliphatic carbocycles. The van der Waals surface area contributed by atoms with Crippen LogP contribution in [-0.4, -0.2) is 56.2 Å². The van der Waals surface area contributed by atoms with E-state index < -0.39 is 11.7 Å². The first-order chi connectivity index (χ1) is 10.5. The van der Waals surface area contributed by atoms with Crippen molar-refractivity contribution >= 4 is 11.8 Å². The van der Waals surface area contributed by atoms with E-state index in [1.165, 1.54) is 26.2 Å². The summed E-state index contributed by atoms with van der Waals surface area (Å²) in [7, 11) is 1.42. The molecule has 0 radical (unpaired) electrons. The van der Waals surface area contributed by atoms with Crippen molar-refractivity contribution in [3.8, 4) is 5.75 Å². The smallest absolute Gasteiger partial charge is 0.255 e. The summed E-state index contributed by atoms with van der Waals surface area (Å²) in [6, 6.07) is 3.75. The molecule has 2 rings (SSSR count). The van der Waals surface area contributed by atoms with Gasteiger partial charge < -0.3 is 19.7 Å². The highest BCUT2D eigenvalue weighted by Gasteiger charge is 2.23. The van der Waals surface area contributed by atoms with E-state index in [0.29, 0.717) is 25.4 Å². The van der Waals surface area contributed by atoms with Crippen LogP contribution < -0.4 is 10.1 Å². The van der Waals surface area contributed by atoms with Gasteiger partial charge in [0.1, 0.15) is 11.6 Å². The van der Waals surface area contributed by atoms with Crippen LogP contribution in [0.15, 0.2) is 18.2 Å². The number of ether oxygens (including phenoxy) is 2. The van der Waals surface area contributed by atoms with E-state index in [2.05, 4.69) is 5.32 Å². The van der Waals surface area contributed by atoms with E-state index in [0.717, 1.165) is 6.07 Å². The van der Waals surface area contributed by atoms with Gasteiger partial charge in [-0.2, -0.15) is 0 Å². The monoisotopic (exact) mass is 310 g/mol. The maximum absolute atomic E-state index is 13.3. The molecule has 2 amide bonds. The van der Waals surface area contributed by atoms with Gasteiger partial charge in [-0.05, 0) is 18.2 Å². The minimum atomic E-state index is -0.511. The van der Waals surface area contributed by atoms with Crippen molar-refractivity contribution in [3.05, 3.63) is 29.6 Å². The molecule has 0 aromatic heterocycles. The number of amides is 2. The zero-order chi connectivity index (χ0) is 16.1. The molecule has 1 N–H and O–H groups in total. The Labute approximate surface area is 128 Å². The largest absolute Gasteiger partial charge is 0.496 e. The van der Waals surface area contributed by atoms with E-state index in [9.17, 15) is 14.0 Å². The van der Waals surface area contributed by atoms with Crippen LogP contribution in [0.4, 0.5) is 4.39 Å². The molecule has 0 bridgehead atoms. The predicted octanol–water partition coefficient (Wildman–Crippen LogP) is 0.811. The Hall–Kier alpha value is -2.15. The number of nitrogens with zero attached hydrogens (tertiary/aromatic N) is 1. The fourth-order valence-corrected chi connectivity index (χ4v) is 2.29. The second-order valence-electron chi connectivity index (χ2n) is 5.01. The van der Waals surface area contributed by atoms with Gasteiger partial charge in [-0.25, -0.2) is 4.39 Å². The fraction of sp³-hybridized carbons (Fsp3) is 0.467. The van der Waals surface area contributed by atoms with Crippen molar-refractivity contribution in [1.29, 1.82) is 0 Å². The summed E-state index contributed by atoms with van der Waals surface area (Å²) in [6.45, 7) is 3.15. The van der Waals surface area contributed by atoms with Crippen molar-refractivity contribution in [2.45, 2.75) is 13.0 Å². The number of morpholine rings is 1. The number of rotatable bonds is 4. The quantitative estimate of drug-likeness (QED) is 0.894. The maximum Gasteiger partial charge on any atom is 0.255 e. The zero-order valence-electron chi connectivity index (χ0n) is 12.6. The second kappa shape index (κ2) is 7.22. The lowest BCUT2D eigenvalue weighted by Crippen LogP contribution is -2.49. The molecule has 1 atom stereocenters. The molecule has 0 spiro atoms. The van der Waals surface area contributed by atoms with E-state index in [-0.39, 0.29) is 24.1 Å². The number of nitrogens with one attached hydrogen (secondary N) is 1. The third kappa shape index (κ3) is 3.94. The van der Waals surface area contributed by atoms with Gasteiger partial charge in [0.2, 0.25) is 5.91 Å². The van der Waals surface area contributed by atoms with Gasteiger partial charge in [0.15, 0.2) is 0 Å². The first kappa shape index (κ1) is 16.2. The topological polar surface area (TPSA) is 67.9 Å². The first-order valence-corrected chi connectivity index (χ1v) is 7.00. The molecule has 6 nitrogen and oxygen atoms in total. The summed E-state index contributed by atoms with van der Waals surface area (Å²) in [4.78, 5) is 25.2. The lowest BCUT2D eigenvalue weighted by atomic mass is 10.1. The molecule has 0 unspecified atom stereocenters. The van der Waals surface area contributed by atoms with E-state index >= 15 is 0 Å². The van der Waals surface area contributed by atoms with Crippen LogP contribution in [0, 0.1) is 5.82 Å². The summed E-state index contributed by atoms with van der Waals surface area (Å²) in [5.74, 6) is -0.678. The average Bonchev–Trinajstić information content (AvgIpc) is 2.52. The molecule has 1 aliphatic heterocycles. The highest BCUT2D eigenvalue weighted by molar-refractivity contribution is 5.96. The van der Waals surface area contributed by atoms with Gasteiger partial charge in [-0.3, -0.25) is 9.59 Å². The summed E-state index contributed by atoms with van der Waals surface area (Å²) in [5, 5.41) is 2.68. The summed E-state index contributed by atoms with van der Waals surface area (Å²) >= 11 is 0. The predicted molar refractivity (Wildman–Crippen MR) is 77.3 cm³/mol. The van der Waals surface area contributed by atoms with Crippen molar-refractivity contribution in [3.63, 3.8) is 0 Å². The average molecular weight is 310 g/mol. The Bertz CT molecular complexity index is 564. The van der Waals surface area contributed by atoms with Crippen LogP contribution in [-0.2, 0) is 9.53 Å². The van der Waals surface area contributed by atoms with E-state index in [1.807, 2.05) is 0 Å². The molecule has 1 aromatic rings. The molecular formula is C15H19FN2O4. The van der Waals surface area contributed by atoms with Gasteiger partial charge in [0.05, 0.1) is 25.4 Å². The lowest BCUT2D eigenvalue weighted by Gasteiger charge is -2.32. The Kier molecular flexibility index (Phi) is 5.32. The van der Waals surface area contributed by atoms with Gasteiger partial charge >= 0.3 is 0 Å². The van der Waals surface area contributed by atoms with Crippen LogP contribution in [0.2, 0.25) is 0 Å². The third-order valence-corrected chi connectivity index (χ3v) is 3.48. The molecule has 1 fully saturated rings. The summed E-state index contributed by atoms with van der Waals surface area (Å²) in [5.41, 5.74) is 0.127. The molecule has 1 saturated heterocycles. The Morgan fingerprint density at radius 2 is 2.27 bits per heavy atom. The first-order valence-electron chi connectivity index (χ1n) is 7.00. The van der Waals surface area contributed by atoms with Crippen LogP contribution in [0.1, 0.15) is 17.3 Å². The Balaban J connectivity index is 1.95. The van der Waals surface area contributed by atoms with Gasteiger partial charge in [-0.15, -0.1) is 0 Å². The zero-order valence-corrected chi connectivity index (χ0v) is 12.6. The Morgan fingerprint density at radius 1 is 1.50 bits per heavy atom. The normalized spacial score (nSPS) is 18.0. The summed E-state index contributed by atoms with van der Waals surface area (Å²) in [6.07, 6.45) is -0.277. The maximum atomic E-state index is 13.3. The van der Waals surface area contributed by atoms with Gasteiger partial charge in [0, 0.05) is 26.6 Å².